The SMILES string of the molecule is CN=C(NCC(C)(C)NS(C)(=O)=O)NCC(C)(C)N1CCOCC1.I. The number of halogens is 1. The summed E-state index contributed by atoms with van der Waals surface area (Å²) in [7, 11) is -1.55. The molecule has 0 unspecified atom stereocenters. The third kappa shape index (κ3) is 9.92. The van der Waals surface area contributed by atoms with Crippen LogP contribution in [0.4, 0.5) is 0 Å². The van der Waals surface area contributed by atoms with Gasteiger partial charge in [-0.25, -0.2) is 13.1 Å². The smallest absolute Gasteiger partial charge is 0.209 e. The molecule has 1 saturated heterocycles. The molecule has 0 aliphatic carbocycles. The Kier molecular flexibility index (Phi) is 10.2. The molecule has 0 saturated carbocycles. The summed E-state index contributed by atoms with van der Waals surface area (Å²) in [6, 6.07) is 0. The van der Waals surface area contributed by atoms with Crippen molar-refractivity contribution in [2.24, 2.45) is 4.99 Å². The van der Waals surface area contributed by atoms with Gasteiger partial charge in [-0.2, -0.15) is 0 Å². The summed E-state index contributed by atoms with van der Waals surface area (Å²) in [4.78, 5) is 6.60. The molecule has 1 rings (SSSR count). The van der Waals surface area contributed by atoms with Crippen molar-refractivity contribution in [3.05, 3.63) is 0 Å². The molecule has 1 fully saturated rings. The van der Waals surface area contributed by atoms with Gasteiger partial charge in [0.25, 0.3) is 0 Å². The van der Waals surface area contributed by atoms with E-state index in [4.69, 9.17) is 4.74 Å². The fourth-order valence-electron chi connectivity index (χ4n) is 2.64. The highest BCUT2D eigenvalue weighted by atomic mass is 127. The van der Waals surface area contributed by atoms with E-state index in [9.17, 15) is 8.42 Å². The van der Waals surface area contributed by atoms with Crippen molar-refractivity contribution in [1.82, 2.24) is 20.3 Å². The third-order valence-corrected chi connectivity index (χ3v) is 4.86. The van der Waals surface area contributed by atoms with Gasteiger partial charge in [-0.3, -0.25) is 9.89 Å². The zero-order valence-corrected chi connectivity index (χ0v) is 19.3. The molecular weight excluding hydrogens is 457 g/mol. The molecule has 10 heteroatoms. The zero-order valence-electron chi connectivity index (χ0n) is 16.2. The summed E-state index contributed by atoms with van der Waals surface area (Å²) in [6.45, 7) is 12.6. The van der Waals surface area contributed by atoms with Crippen molar-refractivity contribution >= 4 is 40.0 Å². The predicted molar refractivity (Wildman–Crippen MR) is 113 cm³/mol. The van der Waals surface area contributed by atoms with Crippen LogP contribution in [0.25, 0.3) is 0 Å². The van der Waals surface area contributed by atoms with E-state index in [1.54, 1.807) is 7.05 Å². The molecule has 0 aromatic carbocycles. The van der Waals surface area contributed by atoms with Gasteiger partial charge < -0.3 is 15.4 Å². The standard InChI is InChI=1S/C15H33N5O3S.HI/c1-14(2,19-24(6,21)22)11-17-13(16-5)18-12-15(3,4)20-7-9-23-10-8-20;/h19H,7-12H2,1-6H3,(H2,16,17,18);1H. The Hall–Kier alpha value is -0.170. The van der Waals surface area contributed by atoms with E-state index in [0.29, 0.717) is 12.5 Å². The number of ether oxygens (including phenoxy) is 1. The second kappa shape index (κ2) is 10.2. The lowest BCUT2D eigenvalue weighted by Gasteiger charge is -2.41. The van der Waals surface area contributed by atoms with E-state index in [1.807, 2.05) is 13.8 Å². The lowest BCUT2D eigenvalue weighted by molar-refractivity contribution is -0.00834. The highest BCUT2D eigenvalue weighted by Gasteiger charge is 2.28. The van der Waals surface area contributed by atoms with E-state index < -0.39 is 15.6 Å². The molecule has 3 N–H and O–H groups in total. The topological polar surface area (TPSA) is 95.1 Å². The molecule has 0 aromatic rings. The van der Waals surface area contributed by atoms with Crippen LogP contribution in [-0.4, -0.2) is 83.1 Å². The summed E-state index contributed by atoms with van der Waals surface area (Å²) in [6.07, 6.45) is 1.16. The molecule has 1 aliphatic rings. The number of guanidine groups is 1. The number of sulfonamides is 1. The molecule has 0 atom stereocenters. The fraction of sp³-hybridized carbons (Fsp3) is 0.933. The van der Waals surface area contributed by atoms with Crippen molar-refractivity contribution in [2.75, 3.05) is 52.7 Å². The van der Waals surface area contributed by atoms with Gasteiger partial charge in [0.15, 0.2) is 5.96 Å². The average molecular weight is 491 g/mol. The lowest BCUT2D eigenvalue weighted by Crippen LogP contribution is -2.58. The molecule has 0 bridgehead atoms. The van der Waals surface area contributed by atoms with Crippen LogP contribution in [0.1, 0.15) is 27.7 Å². The number of hydrogen-bond donors (Lipinski definition) is 3. The maximum Gasteiger partial charge on any atom is 0.209 e. The molecule has 0 aromatic heterocycles. The molecule has 25 heavy (non-hydrogen) atoms. The Morgan fingerprint density at radius 1 is 1.12 bits per heavy atom. The highest BCUT2D eigenvalue weighted by molar-refractivity contribution is 14.0. The highest BCUT2D eigenvalue weighted by Crippen LogP contribution is 2.15. The predicted octanol–water partition coefficient (Wildman–Crippen LogP) is 0.208. The molecule has 150 valence electrons. The minimum absolute atomic E-state index is 0. The molecule has 0 amide bonds. The fourth-order valence-corrected chi connectivity index (χ4v) is 3.72. The maximum atomic E-state index is 11.4. The van der Waals surface area contributed by atoms with Crippen LogP contribution in [0.15, 0.2) is 4.99 Å². The number of aliphatic imine (C=N–C) groups is 1. The number of nitrogens with one attached hydrogen (secondary N) is 3. The second-order valence-electron chi connectivity index (χ2n) is 7.45. The molecular formula is C15H34IN5O3S. The number of nitrogens with zero attached hydrogens (tertiary/aromatic N) is 2. The first-order valence-electron chi connectivity index (χ1n) is 8.21. The number of rotatable bonds is 7. The Balaban J connectivity index is 0.00000576. The van der Waals surface area contributed by atoms with Crippen molar-refractivity contribution in [2.45, 2.75) is 38.8 Å². The first kappa shape index (κ1) is 24.8. The number of hydrogen-bond acceptors (Lipinski definition) is 5. The van der Waals surface area contributed by atoms with Crippen molar-refractivity contribution in [3.8, 4) is 0 Å². The molecule has 0 spiro atoms. The van der Waals surface area contributed by atoms with Crippen LogP contribution >= 0.6 is 24.0 Å². The van der Waals surface area contributed by atoms with Crippen LogP contribution in [0.5, 0.6) is 0 Å². The van der Waals surface area contributed by atoms with Crippen LogP contribution in [-0.2, 0) is 14.8 Å². The maximum absolute atomic E-state index is 11.4. The van der Waals surface area contributed by atoms with Crippen LogP contribution in [0.2, 0.25) is 0 Å². The summed E-state index contributed by atoms with van der Waals surface area (Å²) in [5, 5.41) is 6.50. The minimum atomic E-state index is -3.26. The van der Waals surface area contributed by atoms with Crippen LogP contribution in [0.3, 0.4) is 0 Å². The van der Waals surface area contributed by atoms with Gasteiger partial charge in [-0.05, 0) is 27.7 Å². The number of morpholine rings is 1. The van der Waals surface area contributed by atoms with Gasteiger partial charge in [0.05, 0.1) is 19.5 Å². The first-order valence-corrected chi connectivity index (χ1v) is 10.1. The summed E-state index contributed by atoms with van der Waals surface area (Å²) in [5.41, 5.74) is -0.632. The summed E-state index contributed by atoms with van der Waals surface area (Å²) >= 11 is 0. The molecule has 0 radical (unpaired) electrons. The first-order chi connectivity index (χ1) is 11.0. The van der Waals surface area contributed by atoms with E-state index in [-0.39, 0.29) is 29.5 Å². The minimum Gasteiger partial charge on any atom is -0.379 e. The van der Waals surface area contributed by atoms with Crippen molar-refractivity contribution in [3.63, 3.8) is 0 Å². The Morgan fingerprint density at radius 3 is 2.12 bits per heavy atom. The van der Waals surface area contributed by atoms with Gasteiger partial charge in [0.2, 0.25) is 10.0 Å². The van der Waals surface area contributed by atoms with Gasteiger partial charge in [0.1, 0.15) is 0 Å². The lowest BCUT2D eigenvalue weighted by atomic mass is 10.0. The van der Waals surface area contributed by atoms with Gasteiger partial charge in [-0.15, -0.1) is 24.0 Å². The van der Waals surface area contributed by atoms with Crippen molar-refractivity contribution < 1.29 is 13.2 Å². The second-order valence-corrected chi connectivity index (χ2v) is 9.20. The van der Waals surface area contributed by atoms with Crippen LogP contribution in [0, 0.1) is 0 Å². The van der Waals surface area contributed by atoms with Crippen LogP contribution < -0.4 is 15.4 Å². The monoisotopic (exact) mass is 491 g/mol. The van der Waals surface area contributed by atoms with Gasteiger partial charge in [-0.1, -0.05) is 0 Å². The third-order valence-electron chi connectivity index (χ3n) is 3.94. The van der Waals surface area contributed by atoms with E-state index >= 15 is 0 Å². The largest absolute Gasteiger partial charge is 0.379 e. The van der Waals surface area contributed by atoms with Gasteiger partial charge >= 0.3 is 0 Å². The van der Waals surface area contributed by atoms with Gasteiger partial charge in [0, 0.05) is 44.3 Å². The van der Waals surface area contributed by atoms with E-state index in [0.717, 1.165) is 39.1 Å². The van der Waals surface area contributed by atoms with E-state index in [2.05, 4.69) is 39.1 Å². The quantitative estimate of drug-likeness (QED) is 0.268. The summed E-state index contributed by atoms with van der Waals surface area (Å²) in [5.74, 6) is 0.653. The summed E-state index contributed by atoms with van der Waals surface area (Å²) < 4.78 is 30.8. The van der Waals surface area contributed by atoms with E-state index in [1.165, 1.54) is 0 Å². The zero-order chi connectivity index (χ0) is 18.4. The Bertz CT molecular complexity index is 531. The Morgan fingerprint density at radius 2 is 1.64 bits per heavy atom. The molecule has 1 aliphatic heterocycles. The average Bonchev–Trinajstić information content (AvgIpc) is 2.46. The normalized spacial score (nSPS) is 17.8. The molecule has 8 nitrogen and oxygen atoms in total. The molecule has 1 heterocycles. The van der Waals surface area contributed by atoms with Crippen molar-refractivity contribution in [1.29, 1.82) is 0 Å². The Labute approximate surface area is 169 Å².